The van der Waals surface area contributed by atoms with Crippen molar-refractivity contribution in [2.45, 2.75) is 19.4 Å². The molecule has 0 bridgehead atoms. The first-order chi connectivity index (χ1) is 18.2. The van der Waals surface area contributed by atoms with Crippen molar-refractivity contribution in [2.24, 2.45) is 9.98 Å². The lowest BCUT2D eigenvalue weighted by Crippen LogP contribution is -2.33. The predicted molar refractivity (Wildman–Crippen MR) is 154 cm³/mol. The lowest BCUT2D eigenvalue weighted by molar-refractivity contribution is 0.668. The van der Waals surface area contributed by atoms with Gasteiger partial charge in [0.2, 0.25) is 0 Å². The monoisotopic (exact) mass is 503 g/mol. The molecule has 37 heavy (non-hydrogen) atoms. The van der Waals surface area contributed by atoms with Gasteiger partial charge in [0.05, 0.1) is 6.54 Å². The SMILES string of the molecule is CN/C(=N\C(=N/Cc1cccc2oc3ccccc3c12)C1=c2ccccc2=C(Cl)CC1)c1ccccc1. The summed E-state index contributed by atoms with van der Waals surface area (Å²) in [5.74, 6) is 1.49. The largest absolute Gasteiger partial charge is 0.456 e. The van der Waals surface area contributed by atoms with Crippen LogP contribution in [0.1, 0.15) is 24.0 Å². The van der Waals surface area contributed by atoms with Gasteiger partial charge in [-0.15, -0.1) is 0 Å². The second-order valence-electron chi connectivity index (χ2n) is 9.03. The number of furan rings is 1. The van der Waals surface area contributed by atoms with Crippen molar-refractivity contribution < 1.29 is 4.42 Å². The maximum Gasteiger partial charge on any atom is 0.153 e. The third-order valence-electron chi connectivity index (χ3n) is 6.80. The van der Waals surface area contributed by atoms with Crippen LogP contribution in [0.4, 0.5) is 0 Å². The van der Waals surface area contributed by atoms with Gasteiger partial charge in [0, 0.05) is 34.0 Å². The highest BCUT2D eigenvalue weighted by atomic mass is 35.5. The molecule has 1 aliphatic carbocycles. The first-order valence-electron chi connectivity index (χ1n) is 12.5. The Kier molecular flexibility index (Phi) is 6.33. The maximum atomic E-state index is 6.63. The van der Waals surface area contributed by atoms with Gasteiger partial charge in [0.1, 0.15) is 17.0 Å². The minimum atomic E-state index is 0.481. The van der Waals surface area contributed by atoms with E-state index in [1.54, 1.807) is 0 Å². The first kappa shape index (κ1) is 23.3. The van der Waals surface area contributed by atoms with E-state index in [4.69, 9.17) is 26.0 Å². The van der Waals surface area contributed by atoms with E-state index >= 15 is 0 Å². The quantitative estimate of drug-likeness (QED) is 0.236. The number of hydrogen-bond acceptors (Lipinski definition) is 2. The molecular weight excluding hydrogens is 478 g/mol. The van der Waals surface area contributed by atoms with Gasteiger partial charge in [-0.25, -0.2) is 4.99 Å². The van der Waals surface area contributed by atoms with Crippen LogP contribution >= 0.6 is 11.6 Å². The Morgan fingerprint density at radius 2 is 1.54 bits per heavy atom. The molecule has 0 spiro atoms. The zero-order valence-electron chi connectivity index (χ0n) is 20.5. The average Bonchev–Trinajstić information content (AvgIpc) is 3.34. The summed E-state index contributed by atoms with van der Waals surface area (Å²) in [5.41, 5.74) is 4.98. The summed E-state index contributed by atoms with van der Waals surface area (Å²) in [4.78, 5) is 10.2. The maximum absolute atomic E-state index is 6.63. The van der Waals surface area contributed by atoms with E-state index in [9.17, 15) is 0 Å². The molecule has 0 saturated heterocycles. The van der Waals surface area contributed by atoms with Gasteiger partial charge >= 0.3 is 0 Å². The van der Waals surface area contributed by atoms with Crippen LogP contribution in [0, 0.1) is 0 Å². The Morgan fingerprint density at radius 1 is 0.811 bits per heavy atom. The van der Waals surface area contributed by atoms with Crippen LogP contribution in [0.3, 0.4) is 0 Å². The lowest BCUT2D eigenvalue weighted by atomic mass is 9.98. The highest BCUT2D eigenvalue weighted by Crippen LogP contribution is 2.31. The van der Waals surface area contributed by atoms with E-state index in [2.05, 4.69) is 41.7 Å². The molecule has 4 nitrogen and oxygen atoms in total. The number of rotatable bonds is 4. The van der Waals surface area contributed by atoms with Gasteiger partial charge in [-0.1, -0.05) is 96.5 Å². The summed E-state index contributed by atoms with van der Waals surface area (Å²) in [6.07, 6.45) is 1.55. The van der Waals surface area contributed by atoms with E-state index in [0.717, 1.165) is 78.6 Å². The first-order valence-corrected chi connectivity index (χ1v) is 12.8. The van der Waals surface area contributed by atoms with Gasteiger partial charge in [-0.3, -0.25) is 4.99 Å². The highest BCUT2D eigenvalue weighted by molar-refractivity contribution is 6.45. The molecule has 0 amide bonds. The summed E-state index contributed by atoms with van der Waals surface area (Å²) in [6.45, 7) is 0.481. The number of halogens is 1. The van der Waals surface area contributed by atoms with Crippen LogP contribution in [-0.2, 0) is 6.54 Å². The molecule has 0 aliphatic heterocycles. The minimum absolute atomic E-state index is 0.481. The van der Waals surface area contributed by atoms with Crippen molar-refractivity contribution >= 4 is 55.8 Å². The minimum Gasteiger partial charge on any atom is -0.456 e. The summed E-state index contributed by atoms with van der Waals surface area (Å²) in [5, 5.41) is 8.52. The van der Waals surface area contributed by atoms with Gasteiger partial charge in [0.25, 0.3) is 0 Å². The Balaban J connectivity index is 1.55. The Hall–Kier alpha value is -4.15. The van der Waals surface area contributed by atoms with Crippen LogP contribution in [-0.4, -0.2) is 18.7 Å². The summed E-state index contributed by atoms with van der Waals surface area (Å²) in [7, 11) is 1.89. The Labute approximate surface area is 220 Å². The number of hydrogen-bond donors (Lipinski definition) is 1. The molecule has 1 aliphatic rings. The van der Waals surface area contributed by atoms with Crippen molar-refractivity contribution in [1.29, 1.82) is 0 Å². The van der Waals surface area contributed by atoms with Gasteiger partial charge in [0.15, 0.2) is 5.84 Å². The second-order valence-corrected chi connectivity index (χ2v) is 9.49. The topological polar surface area (TPSA) is 49.9 Å². The van der Waals surface area contributed by atoms with E-state index < -0.39 is 0 Å². The van der Waals surface area contributed by atoms with Crippen LogP contribution in [0.15, 0.2) is 111 Å². The number of nitrogens with zero attached hydrogens (tertiary/aromatic N) is 2. The average molecular weight is 504 g/mol. The summed E-state index contributed by atoms with van der Waals surface area (Å²) < 4.78 is 6.11. The van der Waals surface area contributed by atoms with Gasteiger partial charge in [-0.2, -0.15) is 0 Å². The van der Waals surface area contributed by atoms with Gasteiger partial charge < -0.3 is 9.73 Å². The zero-order valence-corrected chi connectivity index (χ0v) is 21.3. The normalized spacial score (nSPS) is 14.3. The number of aliphatic imine (C=N–C) groups is 2. The molecular formula is C32H26ClN3O. The van der Waals surface area contributed by atoms with E-state index in [1.165, 1.54) is 0 Å². The van der Waals surface area contributed by atoms with Crippen molar-refractivity contribution in [3.63, 3.8) is 0 Å². The molecule has 6 rings (SSSR count). The molecule has 0 radical (unpaired) electrons. The third kappa shape index (κ3) is 4.45. The number of fused-ring (bicyclic) bond motifs is 4. The molecule has 1 aromatic heterocycles. The highest BCUT2D eigenvalue weighted by Gasteiger charge is 2.17. The standard InChI is InChI=1S/C32H26ClN3O/c1-34-31(21-10-3-2-4-11-21)36-32(25-18-19-27(33)24-14-6-5-13-23(24)25)35-20-22-12-9-17-29-30(22)26-15-7-8-16-28(26)37-29/h2-17H,18-20H2,1H3,(H,34,35,36). The third-order valence-corrected chi connectivity index (χ3v) is 7.19. The molecule has 0 fully saturated rings. The van der Waals surface area contributed by atoms with Crippen LogP contribution in [0.2, 0.25) is 0 Å². The molecule has 5 aromatic rings. The predicted octanol–water partition coefficient (Wildman–Crippen LogP) is 6.14. The van der Waals surface area contributed by atoms with E-state index in [0.29, 0.717) is 6.54 Å². The van der Waals surface area contributed by atoms with Crippen molar-refractivity contribution in [3.8, 4) is 0 Å². The molecule has 1 N–H and O–H groups in total. The van der Waals surface area contributed by atoms with E-state index in [-0.39, 0.29) is 0 Å². The van der Waals surface area contributed by atoms with Crippen LogP contribution in [0.25, 0.3) is 32.5 Å². The fourth-order valence-electron chi connectivity index (χ4n) is 5.02. The summed E-state index contributed by atoms with van der Waals surface area (Å²) in [6, 6.07) is 32.7. The smallest absolute Gasteiger partial charge is 0.153 e. The molecule has 0 saturated carbocycles. The molecule has 4 aromatic carbocycles. The molecule has 182 valence electrons. The second kappa shape index (κ2) is 10.1. The van der Waals surface area contributed by atoms with Crippen molar-refractivity contribution in [3.05, 3.63) is 119 Å². The number of para-hydroxylation sites is 1. The fraction of sp³-hybridized carbons (Fsp3) is 0.125. The van der Waals surface area contributed by atoms with Crippen molar-refractivity contribution in [2.75, 3.05) is 7.05 Å². The zero-order chi connectivity index (χ0) is 25.2. The number of amidine groups is 2. The number of nitrogens with one attached hydrogen (secondary N) is 1. The van der Waals surface area contributed by atoms with Crippen LogP contribution in [0.5, 0.6) is 0 Å². The lowest BCUT2D eigenvalue weighted by Gasteiger charge is -2.15. The van der Waals surface area contributed by atoms with E-state index in [1.807, 2.05) is 67.7 Å². The Bertz CT molecular complexity index is 1800. The van der Waals surface area contributed by atoms with Crippen LogP contribution < -0.4 is 15.8 Å². The molecule has 5 heteroatoms. The Morgan fingerprint density at radius 3 is 2.38 bits per heavy atom. The molecule has 0 unspecified atom stereocenters. The van der Waals surface area contributed by atoms with Gasteiger partial charge in [-0.05, 0) is 41.0 Å². The van der Waals surface area contributed by atoms with Crippen molar-refractivity contribution in [1.82, 2.24) is 5.32 Å². The molecule has 0 atom stereocenters. The summed E-state index contributed by atoms with van der Waals surface area (Å²) >= 11 is 6.63. The number of benzene rings is 4. The molecule has 1 heterocycles. The fourth-order valence-corrected chi connectivity index (χ4v) is 5.28.